The maximum Gasteiger partial charge on any atom is 0.244 e. The van der Waals surface area contributed by atoms with E-state index in [-0.39, 0.29) is 16.6 Å². The van der Waals surface area contributed by atoms with Gasteiger partial charge in [0.15, 0.2) is 0 Å². The molecule has 7 heteroatoms. The molecule has 0 aliphatic carbocycles. The number of pyridine rings is 1. The van der Waals surface area contributed by atoms with E-state index in [0.29, 0.717) is 19.6 Å². The van der Waals surface area contributed by atoms with Crippen molar-refractivity contribution in [2.75, 3.05) is 19.6 Å². The summed E-state index contributed by atoms with van der Waals surface area (Å²) in [6.07, 6.45) is 1.24. The van der Waals surface area contributed by atoms with E-state index in [0.717, 1.165) is 0 Å². The molecule has 0 aromatic carbocycles. The summed E-state index contributed by atoms with van der Waals surface area (Å²) in [7, 11) is -3.51. The summed E-state index contributed by atoms with van der Waals surface area (Å²) in [6, 6.07) is 4.62. The predicted octanol–water partition coefficient (Wildman–Crippen LogP) is -0.0643. The van der Waals surface area contributed by atoms with E-state index < -0.39 is 10.0 Å². The molecule has 1 aliphatic rings. The number of rotatable bonds is 2. The van der Waals surface area contributed by atoms with Crippen LogP contribution < -0.4 is 5.32 Å². The maximum atomic E-state index is 12.4. The molecule has 0 radical (unpaired) electrons. The highest BCUT2D eigenvalue weighted by molar-refractivity contribution is 7.89. The number of sulfonamides is 1. The van der Waals surface area contributed by atoms with E-state index >= 15 is 0 Å². The molecule has 1 saturated heterocycles. The molecule has 2 rings (SSSR count). The molecule has 18 heavy (non-hydrogen) atoms. The molecule has 96 valence electrons. The zero-order valence-corrected chi connectivity index (χ0v) is 10.8. The predicted molar refractivity (Wildman–Crippen MR) is 65.2 cm³/mol. The molecule has 0 saturated carbocycles. The van der Waals surface area contributed by atoms with Gasteiger partial charge in [0.1, 0.15) is 16.7 Å². The van der Waals surface area contributed by atoms with Gasteiger partial charge in [0.05, 0.1) is 0 Å². The van der Waals surface area contributed by atoms with Crippen LogP contribution >= 0.6 is 0 Å². The molecule has 1 fully saturated rings. The minimum Gasteiger partial charge on any atom is -0.314 e. The molecule has 1 aromatic rings. The third-order valence-electron chi connectivity index (χ3n) is 2.90. The first-order valence-electron chi connectivity index (χ1n) is 5.64. The van der Waals surface area contributed by atoms with Crippen molar-refractivity contribution in [3.8, 4) is 6.07 Å². The van der Waals surface area contributed by atoms with Crippen molar-refractivity contribution in [1.29, 1.82) is 5.26 Å². The lowest BCUT2D eigenvalue weighted by Gasteiger charge is -2.32. The van der Waals surface area contributed by atoms with Gasteiger partial charge in [0, 0.05) is 31.9 Å². The Labute approximate surface area is 106 Å². The highest BCUT2D eigenvalue weighted by Crippen LogP contribution is 2.18. The fraction of sp³-hybridized carbons (Fsp3) is 0.455. The van der Waals surface area contributed by atoms with Crippen LogP contribution in [0.1, 0.15) is 12.6 Å². The minimum absolute atomic E-state index is 0.0839. The van der Waals surface area contributed by atoms with Crippen LogP contribution in [-0.4, -0.2) is 43.4 Å². The van der Waals surface area contributed by atoms with Crippen molar-refractivity contribution in [3.05, 3.63) is 24.0 Å². The van der Waals surface area contributed by atoms with E-state index in [1.807, 2.05) is 13.0 Å². The minimum atomic E-state index is -3.51. The van der Waals surface area contributed by atoms with Crippen LogP contribution in [0, 0.1) is 11.3 Å². The molecule has 6 nitrogen and oxygen atoms in total. The second-order valence-electron chi connectivity index (χ2n) is 4.16. The second kappa shape index (κ2) is 5.02. The van der Waals surface area contributed by atoms with Crippen LogP contribution in [0.2, 0.25) is 0 Å². The number of aromatic nitrogens is 1. The monoisotopic (exact) mass is 266 g/mol. The van der Waals surface area contributed by atoms with Gasteiger partial charge in [0.2, 0.25) is 10.0 Å². The summed E-state index contributed by atoms with van der Waals surface area (Å²) in [5.74, 6) is 0. The summed E-state index contributed by atoms with van der Waals surface area (Å²) in [5, 5.41) is 11.8. The third kappa shape index (κ3) is 2.36. The van der Waals surface area contributed by atoms with Crippen LogP contribution in [0.3, 0.4) is 0 Å². The van der Waals surface area contributed by atoms with Gasteiger partial charge in [-0.05, 0) is 19.1 Å². The lowest BCUT2D eigenvalue weighted by atomic mass is 10.3. The number of hydrogen-bond donors (Lipinski definition) is 1. The summed E-state index contributed by atoms with van der Waals surface area (Å²) in [5.41, 5.74) is 0.210. The van der Waals surface area contributed by atoms with Crippen molar-refractivity contribution >= 4 is 10.0 Å². The van der Waals surface area contributed by atoms with Crippen molar-refractivity contribution in [1.82, 2.24) is 14.6 Å². The number of nitrogens with zero attached hydrogens (tertiary/aromatic N) is 3. The summed E-state index contributed by atoms with van der Waals surface area (Å²) >= 11 is 0. The highest BCUT2D eigenvalue weighted by Gasteiger charge is 2.30. The van der Waals surface area contributed by atoms with Crippen molar-refractivity contribution in [2.24, 2.45) is 0 Å². The van der Waals surface area contributed by atoms with Gasteiger partial charge in [-0.15, -0.1) is 0 Å². The first-order chi connectivity index (χ1) is 8.55. The van der Waals surface area contributed by atoms with Crippen molar-refractivity contribution in [3.63, 3.8) is 0 Å². The molecule has 1 aliphatic heterocycles. The van der Waals surface area contributed by atoms with Crippen LogP contribution in [0.4, 0.5) is 0 Å². The summed E-state index contributed by atoms with van der Waals surface area (Å²) in [6.45, 7) is 3.60. The first kappa shape index (κ1) is 13.0. The van der Waals surface area contributed by atoms with E-state index in [1.165, 1.54) is 22.6 Å². The van der Waals surface area contributed by atoms with Crippen molar-refractivity contribution in [2.45, 2.75) is 17.9 Å². The fourth-order valence-corrected chi connectivity index (χ4v) is 3.49. The Morgan fingerprint density at radius 2 is 2.33 bits per heavy atom. The Hall–Kier alpha value is -1.49. The molecular formula is C11H14N4O2S. The second-order valence-corrected chi connectivity index (χ2v) is 6.05. The lowest BCUT2D eigenvalue weighted by molar-refractivity contribution is 0.284. The molecule has 0 bridgehead atoms. The van der Waals surface area contributed by atoms with Gasteiger partial charge in [0.25, 0.3) is 0 Å². The molecule has 0 amide bonds. The Morgan fingerprint density at radius 3 is 2.89 bits per heavy atom. The van der Waals surface area contributed by atoms with Crippen LogP contribution in [0.5, 0.6) is 0 Å². The lowest BCUT2D eigenvalue weighted by Crippen LogP contribution is -2.52. The fourth-order valence-electron chi connectivity index (χ4n) is 1.91. The number of nitrogens with one attached hydrogen (secondary N) is 1. The third-order valence-corrected chi connectivity index (χ3v) is 4.89. The molecule has 0 spiro atoms. The van der Waals surface area contributed by atoms with E-state index in [2.05, 4.69) is 10.3 Å². The molecular weight excluding hydrogens is 252 g/mol. The van der Waals surface area contributed by atoms with Gasteiger partial charge in [-0.2, -0.15) is 9.57 Å². The summed E-state index contributed by atoms with van der Waals surface area (Å²) < 4.78 is 26.2. The van der Waals surface area contributed by atoms with Gasteiger partial charge < -0.3 is 5.32 Å². The summed E-state index contributed by atoms with van der Waals surface area (Å²) in [4.78, 5) is 3.94. The average molecular weight is 266 g/mol. The average Bonchev–Trinajstić information content (AvgIpc) is 2.39. The number of piperazine rings is 1. The van der Waals surface area contributed by atoms with Crippen molar-refractivity contribution < 1.29 is 8.42 Å². The van der Waals surface area contributed by atoms with Gasteiger partial charge >= 0.3 is 0 Å². The number of nitriles is 1. The zero-order valence-electron chi connectivity index (χ0n) is 10.00. The molecule has 1 aromatic heterocycles. The smallest absolute Gasteiger partial charge is 0.244 e. The Morgan fingerprint density at radius 1 is 1.56 bits per heavy atom. The van der Waals surface area contributed by atoms with Crippen LogP contribution in [-0.2, 0) is 10.0 Å². The Balaban J connectivity index is 2.32. The number of hydrogen-bond acceptors (Lipinski definition) is 5. The largest absolute Gasteiger partial charge is 0.314 e. The molecule has 1 atom stereocenters. The van der Waals surface area contributed by atoms with Gasteiger partial charge in [-0.25, -0.2) is 13.4 Å². The standard InChI is InChI=1S/C11H14N4O2S/c1-9-7-13-4-5-15(9)18(16,17)11-3-2-10(6-12)14-8-11/h2-3,8-9,13H,4-5,7H2,1H3/t9-/m0/s1. The molecule has 0 unspecified atom stereocenters. The molecule has 1 N–H and O–H groups in total. The maximum absolute atomic E-state index is 12.4. The van der Waals surface area contributed by atoms with Crippen LogP contribution in [0.15, 0.2) is 23.2 Å². The van der Waals surface area contributed by atoms with Crippen LogP contribution in [0.25, 0.3) is 0 Å². The van der Waals surface area contributed by atoms with E-state index in [1.54, 1.807) is 0 Å². The SMILES string of the molecule is C[C@H]1CNCCN1S(=O)(=O)c1ccc(C#N)nc1. The van der Waals surface area contributed by atoms with Gasteiger partial charge in [-0.1, -0.05) is 0 Å². The normalized spacial score (nSPS) is 21.4. The first-order valence-corrected chi connectivity index (χ1v) is 7.08. The van der Waals surface area contributed by atoms with E-state index in [4.69, 9.17) is 5.26 Å². The zero-order chi connectivity index (χ0) is 13.2. The Kier molecular flexibility index (Phi) is 3.61. The highest BCUT2D eigenvalue weighted by atomic mass is 32.2. The quantitative estimate of drug-likeness (QED) is 0.810. The Bertz CT molecular complexity index is 562. The van der Waals surface area contributed by atoms with Gasteiger partial charge in [-0.3, -0.25) is 0 Å². The topological polar surface area (TPSA) is 86.1 Å². The molecule has 2 heterocycles. The van der Waals surface area contributed by atoms with E-state index in [9.17, 15) is 8.42 Å².